The molecule has 0 spiro atoms. The first-order chi connectivity index (χ1) is 9.99. The maximum absolute atomic E-state index is 11.9. The highest BCUT2D eigenvalue weighted by molar-refractivity contribution is 5.96. The van der Waals surface area contributed by atoms with Gasteiger partial charge in [-0.2, -0.15) is 5.26 Å². The van der Waals surface area contributed by atoms with Gasteiger partial charge in [0, 0.05) is 5.57 Å². The summed E-state index contributed by atoms with van der Waals surface area (Å²) in [6.45, 7) is 3.13. The molecule has 0 fully saturated rings. The van der Waals surface area contributed by atoms with E-state index in [1.807, 2.05) is 18.2 Å². The Morgan fingerprint density at radius 1 is 1.38 bits per heavy atom. The van der Waals surface area contributed by atoms with Crippen LogP contribution in [0, 0.1) is 11.3 Å². The molecule has 0 amide bonds. The second-order valence-corrected chi connectivity index (χ2v) is 4.72. The van der Waals surface area contributed by atoms with Crippen molar-refractivity contribution in [2.24, 2.45) is 5.73 Å². The van der Waals surface area contributed by atoms with Gasteiger partial charge in [0.05, 0.1) is 13.0 Å². The predicted octanol–water partition coefficient (Wildman–Crippen LogP) is 2.37. The van der Waals surface area contributed by atoms with Crippen molar-refractivity contribution in [2.75, 3.05) is 7.11 Å². The van der Waals surface area contributed by atoms with Crippen LogP contribution in [0.3, 0.4) is 0 Å². The molecule has 0 aromatic heterocycles. The third-order valence-electron chi connectivity index (χ3n) is 3.43. The summed E-state index contributed by atoms with van der Waals surface area (Å²) >= 11 is 0. The Kier molecular flexibility index (Phi) is 3.99. The molecule has 2 N–H and O–H groups in total. The number of methoxy groups -OCH3 is 1. The van der Waals surface area contributed by atoms with Crippen LogP contribution in [0.15, 0.2) is 47.1 Å². The van der Waals surface area contributed by atoms with Gasteiger partial charge >= 0.3 is 0 Å². The van der Waals surface area contributed by atoms with E-state index >= 15 is 0 Å². The van der Waals surface area contributed by atoms with Gasteiger partial charge < -0.3 is 15.2 Å². The number of rotatable bonds is 3. The van der Waals surface area contributed by atoms with Crippen LogP contribution in [0.5, 0.6) is 5.75 Å². The van der Waals surface area contributed by atoms with E-state index in [4.69, 9.17) is 15.2 Å². The fraction of sp³-hybridized carbons (Fsp3) is 0.250. The number of hydrogen-bond donors (Lipinski definition) is 1. The lowest BCUT2D eigenvalue weighted by Gasteiger charge is -2.26. The van der Waals surface area contributed by atoms with Crippen molar-refractivity contribution in [1.29, 1.82) is 5.26 Å². The molecule has 1 heterocycles. The Hall–Kier alpha value is -2.74. The minimum atomic E-state index is -0.507. The third kappa shape index (κ3) is 2.61. The monoisotopic (exact) mass is 284 g/mol. The number of ketones is 1. The van der Waals surface area contributed by atoms with E-state index in [1.54, 1.807) is 26.2 Å². The quantitative estimate of drug-likeness (QED) is 0.921. The maximum atomic E-state index is 11.9. The number of ether oxygens (including phenoxy) is 2. The first-order valence-corrected chi connectivity index (χ1v) is 6.42. The molecule has 1 aromatic rings. The predicted molar refractivity (Wildman–Crippen MR) is 77.0 cm³/mol. The summed E-state index contributed by atoms with van der Waals surface area (Å²) in [5.74, 6) is 0.521. The zero-order valence-corrected chi connectivity index (χ0v) is 12.1. The lowest BCUT2D eigenvalue weighted by Crippen LogP contribution is -2.23. The van der Waals surface area contributed by atoms with Crippen molar-refractivity contribution in [3.8, 4) is 11.8 Å². The van der Waals surface area contributed by atoms with Gasteiger partial charge in [-0.05, 0) is 31.5 Å². The Balaban J connectivity index is 2.59. The summed E-state index contributed by atoms with van der Waals surface area (Å²) < 4.78 is 10.5. The average molecular weight is 284 g/mol. The summed E-state index contributed by atoms with van der Waals surface area (Å²) in [7, 11) is 1.58. The van der Waals surface area contributed by atoms with Crippen molar-refractivity contribution in [1.82, 2.24) is 0 Å². The minimum absolute atomic E-state index is 0.0424. The molecule has 0 aliphatic carbocycles. The largest absolute Gasteiger partial charge is 0.497 e. The summed E-state index contributed by atoms with van der Waals surface area (Å²) in [5.41, 5.74) is 7.28. The van der Waals surface area contributed by atoms with Crippen LogP contribution in [0.4, 0.5) is 0 Å². The van der Waals surface area contributed by atoms with Crippen molar-refractivity contribution in [3.63, 3.8) is 0 Å². The van der Waals surface area contributed by atoms with Crippen LogP contribution in [-0.2, 0) is 9.53 Å². The van der Waals surface area contributed by atoms with Gasteiger partial charge in [0.1, 0.15) is 23.2 Å². The molecule has 108 valence electrons. The lowest BCUT2D eigenvalue weighted by molar-refractivity contribution is -0.114. The number of Topliss-reactive ketones (excluding diaryl/α,β-unsaturated/α-hetero) is 1. The van der Waals surface area contributed by atoms with Crippen LogP contribution in [0.25, 0.3) is 0 Å². The summed E-state index contributed by atoms with van der Waals surface area (Å²) in [4.78, 5) is 11.9. The molecule has 1 aliphatic heterocycles. The van der Waals surface area contributed by atoms with E-state index in [0.29, 0.717) is 17.1 Å². The number of nitrogens with two attached hydrogens (primary N) is 1. The zero-order chi connectivity index (χ0) is 15.6. The molecular weight excluding hydrogens is 268 g/mol. The number of carbonyl (C=O) groups is 1. The first-order valence-electron chi connectivity index (χ1n) is 6.42. The van der Waals surface area contributed by atoms with Crippen LogP contribution < -0.4 is 10.5 Å². The van der Waals surface area contributed by atoms with Gasteiger partial charge in [0.2, 0.25) is 5.88 Å². The maximum Gasteiger partial charge on any atom is 0.205 e. The number of nitrogens with zero attached hydrogens (tertiary/aromatic N) is 1. The van der Waals surface area contributed by atoms with E-state index in [1.165, 1.54) is 6.92 Å². The van der Waals surface area contributed by atoms with Gasteiger partial charge in [0.25, 0.3) is 0 Å². The van der Waals surface area contributed by atoms with E-state index in [-0.39, 0.29) is 17.2 Å². The second-order valence-electron chi connectivity index (χ2n) is 4.72. The van der Waals surface area contributed by atoms with E-state index in [2.05, 4.69) is 0 Å². The molecule has 1 aliphatic rings. The molecule has 0 radical (unpaired) electrons. The number of allylic oxidation sites excluding steroid dienone is 3. The van der Waals surface area contributed by atoms with Crippen molar-refractivity contribution in [3.05, 3.63) is 52.6 Å². The summed E-state index contributed by atoms with van der Waals surface area (Å²) in [6.07, 6.45) is 0. The summed E-state index contributed by atoms with van der Waals surface area (Å²) in [5, 5.41) is 9.35. The van der Waals surface area contributed by atoms with Gasteiger partial charge in [-0.25, -0.2) is 0 Å². The van der Waals surface area contributed by atoms with Gasteiger partial charge in [-0.15, -0.1) is 0 Å². The first kappa shape index (κ1) is 14.7. The van der Waals surface area contributed by atoms with Gasteiger partial charge in [-0.1, -0.05) is 12.1 Å². The van der Waals surface area contributed by atoms with Crippen LogP contribution in [0.1, 0.15) is 25.3 Å². The fourth-order valence-electron chi connectivity index (χ4n) is 2.47. The highest BCUT2D eigenvalue weighted by Gasteiger charge is 2.33. The normalized spacial score (nSPS) is 18.1. The van der Waals surface area contributed by atoms with E-state index in [0.717, 1.165) is 5.56 Å². The molecule has 0 saturated carbocycles. The number of hydrogen-bond acceptors (Lipinski definition) is 5. The van der Waals surface area contributed by atoms with Crippen LogP contribution >= 0.6 is 0 Å². The minimum Gasteiger partial charge on any atom is -0.497 e. The Labute approximate surface area is 123 Å². The highest BCUT2D eigenvalue weighted by atomic mass is 16.5. The van der Waals surface area contributed by atoms with E-state index in [9.17, 15) is 10.1 Å². The zero-order valence-electron chi connectivity index (χ0n) is 12.1. The second kappa shape index (κ2) is 5.71. The molecule has 5 heteroatoms. The Morgan fingerprint density at radius 2 is 2.00 bits per heavy atom. The smallest absolute Gasteiger partial charge is 0.205 e. The SMILES string of the molecule is COc1ccc([C@@H]2C(C#N)=C(N)OC(C)=C2C(C)=O)cc1. The molecule has 0 saturated heterocycles. The van der Waals surface area contributed by atoms with Crippen LogP contribution in [0.2, 0.25) is 0 Å². The number of carbonyl (C=O) groups excluding carboxylic acids is 1. The molecule has 0 bridgehead atoms. The van der Waals surface area contributed by atoms with Crippen molar-refractivity contribution < 1.29 is 14.3 Å². The van der Waals surface area contributed by atoms with Gasteiger partial charge in [-0.3, -0.25) is 4.79 Å². The molecular formula is C16H16N2O3. The van der Waals surface area contributed by atoms with Crippen molar-refractivity contribution >= 4 is 5.78 Å². The fourth-order valence-corrected chi connectivity index (χ4v) is 2.47. The molecule has 5 nitrogen and oxygen atoms in total. The molecule has 1 aromatic carbocycles. The number of nitriles is 1. The summed E-state index contributed by atoms with van der Waals surface area (Å²) in [6, 6.07) is 9.24. The lowest BCUT2D eigenvalue weighted by atomic mass is 9.81. The van der Waals surface area contributed by atoms with Gasteiger partial charge in [0.15, 0.2) is 5.78 Å². The molecule has 1 atom stereocenters. The molecule has 0 unspecified atom stereocenters. The number of benzene rings is 1. The third-order valence-corrected chi connectivity index (χ3v) is 3.43. The average Bonchev–Trinajstić information content (AvgIpc) is 2.46. The van der Waals surface area contributed by atoms with Crippen molar-refractivity contribution in [2.45, 2.75) is 19.8 Å². The van der Waals surface area contributed by atoms with E-state index < -0.39 is 5.92 Å². The standard InChI is InChI=1S/C16H16N2O3/c1-9(19)14-10(2)21-16(18)13(8-17)15(14)11-4-6-12(20-3)7-5-11/h4-7,15H,18H2,1-3H3/t15-/m1/s1. The van der Waals surface area contributed by atoms with Crippen LogP contribution in [-0.4, -0.2) is 12.9 Å². The molecule has 21 heavy (non-hydrogen) atoms. The topological polar surface area (TPSA) is 85.3 Å². The Bertz CT molecular complexity index is 678. The molecule has 2 rings (SSSR count). The Morgan fingerprint density at radius 3 is 2.48 bits per heavy atom. The highest BCUT2D eigenvalue weighted by Crippen LogP contribution is 2.39.